The lowest BCUT2D eigenvalue weighted by Crippen LogP contribution is -2.29. The molecule has 0 spiro atoms. The minimum Gasteiger partial charge on any atom is -0.206 e. The highest BCUT2D eigenvalue weighted by Crippen LogP contribution is 2.36. The number of hydrogen-bond donors (Lipinski definition) is 0. The third-order valence-corrected chi connectivity index (χ3v) is 8.59. The molecule has 0 aliphatic rings. The van der Waals surface area contributed by atoms with Gasteiger partial charge >= 0.3 is 0 Å². The molecule has 2 aromatic heterocycles. The lowest BCUT2D eigenvalue weighted by Gasteiger charge is -2.18. The van der Waals surface area contributed by atoms with Gasteiger partial charge in [0.15, 0.2) is 0 Å². The number of sulfonamides is 1. The van der Waals surface area contributed by atoms with Crippen LogP contribution in [0.5, 0.6) is 0 Å². The van der Waals surface area contributed by atoms with E-state index in [9.17, 15) is 8.42 Å². The van der Waals surface area contributed by atoms with Crippen LogP contribution in [0.3, 0.4) is 0 Å². The van der Waals surface area contributed by atoms with Crippen LogP contribution in [0.2, 0.25) is 9.36 Å². The lowest BCUT2D eigenvalue weighted by atomic mass is 10.4. The first-order valence-corrected chi connectivity index (χ1v) is 10.2. The molecule has 0 atom stereocenters. The number of thiophene rings is 2. The van der Waals surface area contributed by atoms with Crippen LogP contribution in [0, 0.1) is 0 Å². The van der Waals surface area contributed by atoms with Gasteiger partial charge in [-0.25, -0.2) is 8.42 Å². The first kappa shape index (κ1) is 16.7. The van der Waals surface area contributed by atoms with E-state index in [-0.39, 0.29) is 4.21 Å². The molecule has 20 heavy (non-hydrogen) atoms. The largest absolute Gasteiger partial charge is 0.252 e. The summed E-state index contributed by atoms with van der Waals surface area (Å²) in [5, 5.41) is 0.406. The molecule has 0 unspecified atom stereocenters. The average molecular weight is 435 g/mol. The summed E-state index contributed by atoms with van der Waals surface area (Å²) < 4.78 is 28.0. The standard InChI is InChI=1S/C11H10BrCl2NO2S3/c1-2-15(6-7-3-4-9(14)18-7)20(16,17)10-5-8(13)11(12)19-10/h3-5H,2,6H2,1H3. The smallest absolute Gasteiger partial charge is 0.206 e. The highest BCUT2D eigenvalue weighted by molar-refractivity contribution is 9.11. The van der Waals surface area contributed by atoms with E-state index in [1.807, 2.05) is 6.07 Å². The van der Waals surface area contributed by atoms with E-state index in [4.69, 9.17) is 23.2 Å². The van der Waals surface area contributed by atoms with Crippen molar-refractivity contribution >= 4 is 71.8 Å². The van der Waals surface area contributed by atoms with Gasteiger partial charge in [-0.05, 0) is 34.1 Å². The highest BCUT2D eigenvalue weighted by Gasteiger charge is 2.26. The molecule has 3 nitrogen and oxygen atoms in total. The summed E-state index contributed by atoms with van der Waals surface area (Å²) in [6, 6.07) is 5.07. The van der Waals surface area contributed by atoms with Crippen LogP contribution in [0.1, 0.15) is 11.8 Å². The molecule has 0 bridgehead atoms. The summed E-state index contributed by atoms with van der Waals surface area (Å²) in [6.45, 7) is 2.49. The Morgan fingerprint density at radius 3 is 2.45 bits per heavy atom. The molecule has 0 amide bonds. The van der Waals surface area contributed by atoms with Crippen LogP contribution < -0.4 is 0 Å². The van der Waals surface area contributed by atoms with Crippen molar-refractivity contribution in [2.24, 2.45) is 0 Å². The van der Waals surface area contributed by atoms with Gasteiger partial charge in [0.25, 0.3) is 10.0 Å². The summed E-state index contributed by atoms with van der Waals surface area (Å²) in [5.74, 6) is 0. The van der Waals surface area contributed by atoms with Crippen molar-refractivity contribution in [3.8, 4) is 0 Å². The van der Waals surface area contributed by atoms with Crippen LogP contribution in [0.4, 0.5) is 0 Å². The van der Waals surface area contributed by atoms with Gasteiger partial charge in [-0.2, -0.15) is 4.31 Å². The number of rotatable bonds is 5. The van der Waals surface area contributed by atoms with E-state index in [2.05, 4.69) is 15.9 Å². The topological polar surface area (TPSA) is 37.4 Å². The lowest BCUT2D eigenvalue weighted by molar-refractivity contribution is 0.428. The number of nitrogens with zero attached hydrogens (tertiary/aromatic N) is 1. The maximum atomic E-state index is 12.6. The van der Waals surface area contributed by atoms with Gasteiger partial charge in [0.2, 0.25) is 0 Å². The normalized spacial score (nSPS) is 12.2. The molecule has 0 saturated heterocycles. The minimum atomic E-state index is -3.54. The first-order valence-electron chi connectivity index (χ1n) is 5.53. The highest BCUT2D eigenvalue weighted by atomic mass is 79.9. The Kier molecular flexibility index (Phi) is 5.56. The predicted molar refractivity (Wildman–Crippen MR) is 89.6 cm³/mol. The van der Waals surface area contributed by atoms with Crippen LogP contribution in [-0.4, -0.2) is 19.3 Å². The van der Waals surface area contributed by atoms with Crippen molar-refractivity contribution < 1.29 is 8.42 Å². The average Bonchev–Trinajstić information content (AvgIpc) is 2.94. The van der Waals surface area contributed by atoms with Crippen molar-refractivity contribution in [2.75, 3.05) is 6.54 Å². The molecule has 0 aliphatic carbocycles. The maximum Gasteiger partial charge on any atom is 0.252 e. The van der Waals surface area contributed by atoms with Gasteiger partial charge in [0, 0.05) is 18.0 Å². The van der Waals surface area contributed by atoms with Gasteiger partial charge in [0.05, 0.1) is 13.1 Å². The first-order chi connectivity index (χ1) is 9.34. The second-order valence-corrected chi connectivity index (χ2v) is 10.6. The van der Waals surface area contributed by atoms with Gasteiger partial charge in [-0.3, -0.25) is 0 Å². The summed E-state index contributed by atoms with van der Waals surface area (Å²) in [6.07, 6.45) is 0. The van der Waals surface area contributed by atoms with Crippen molar-refractivity contribution in [3.05, 3.63) is 36.2 Å². The van der Waals surface area contributed by atoms with E-state index >= 15 is 0 Å². The van der Waals surface area contributed by atoms with Crippen molar-refractivity contribution in [2.45, 2.75) is 17.7 Å². The molecule has 0 saturated carbocycles. The fraction of sp³-hybridized carbons (Fsp3) is 0.273. The van der Waals surface area contributed by atoms with Crippen LogP contribution in [0.25, 0.3) is 0 Å². The van der Waals surface area contributed by atoms with Crippen LogP contribution >= 0.6 is 61.8 Å². The Morgan fingerprint density at radius 2 is 2.00 bits per heavy atom. The minimum absolute atomic E-state index is 0.235. The van der Waals surface area contributed by atoms with Gasteiger partial charge in [-0.15, -0.1) is 22.7 Å². The number of halogens is 3. The second kappa shape index (κ2) is 6.64. The Bertz CT molecular complexity index is 692. The molecule has 2 aromatic rings. The molecule has 9 heteroatoms. The van der Waals surface area contributed by atoms with Gasteiger partial charge in [-0.1, -0.05) is 30.1 Å². The molecule has 0 N–H and O–H groups in total. The zero-order valence-corrected chi connectivity index (χ0v) is 15.8. The maximum absolute atomic E-state index is 12.6. The summed E-state index contributed by atoms with van der Waals surface area (Å²) in [5.41, 5.74) is 0. The van der Waals surface area contributed by atoms with E-state index < -0.39 is 10.0 Å². The summed E-state index contributed by atoms with van der Waals surface area (Å²) in [7, 11) is -3.54. The SMILES string of the molecule is CCN(Cc1ccc(Cl)s1)S(=O)(=O)c1cc(Cl)c(Br)s1. The van der Waals surface area contributed by atoms with E-state index in [0.717, 1.165) is 16.2 Å². The summed E-state index contributed by atoms with van der Waals surface area (Å²) >= 11 is 17.5. The van der Waals surface area contributed by atoms with Crippen molar-refractivity contribution in [1.29, 1.82) is 0 Å². The van der Waals surface area contributed by atoms with E-state index in [1.54, 1.807) is 13.0 Å². The molecule has 2 heterocycles. The molecule has 0 fully saturated rings. The molecular formula is C11H10BrCl2NO2S3. The fourth-order valence-corrected chi connectivity index (χ4v) is 6.72. The monoisotopic (exact) mass is 433 g/mol. The Morgan fingerprint density at radius 1 is 1.30 bits per heavy atom. The second-order valence-electron chi connectivity index (χ2n) is 3.82. The van der Waals surface area contributed by atoms with Crippen LogP contribution in [-0.2, 0) is 16.6 Å². The molecule has 0 radical (unpaired) electrons. The molecular weight excluding hydrogens is 425 g/mol. The molecule has 110 valence electrons. The Labute approximate surface area is 144 Å². The zero-order valence-electron chi connectivity index (χ0n) is 10.3. The van der Waals surface area contributed by atoms with E-state index in [0.29, 0.717) is 26.2 Å². The quantitative estimate of drug-likeness (QED) is 0.657. The van der Waals surface area contributed by atoms with Crippen molar-refractivity contribution in [3.63, 3.8) is 0 Å². The zero-order chi connectivity index (χ0) is 14.9. The molecule has 0 aliphatic heterocycles. The van der Waals surface area contributed by atoms with Gasteiger partial charge < -0.3 is 0 Å². The fourth-order valence-electron chi connectivity index (χ4n) is 1.56. The van der Waals surface area contributed by atoms with Gasteiger partial charge in [0.1, 0.15) is 4.21 Å². The summed E-state index contributed by atoms with van der Waals surface area (Å²) in [4.78, 5) is 0.905. The van der Waals surface area contributed by atoms with E-state index in [1.165, 1.54) is 21.7 Å². The number of hydrogen-bond acceptors (Lipinski definition) is 4. The Hall–Kier alpha value is 0.370. The molecule has 2 rings (SSSR count). The molecule has 0 aromatic carbocycles. The third kappa shape index (κ3) is 3.58. The van der Waals surface area contributed by atoms with Crippen LogP contribution in [0.15, 0.2) is 26.2 Å². The van der Waals surface area contributed by atoms with Crippen molar-refractivity contribution in [1.82, 2.24) is 4.31 Å². The predicted octanol–water partition coefficient (Wildman–Crippen LogP) is 5.09. The third-order valence-electron chi connectivity index (χ3n) is 2.53. The Balaban J connectivity index is 2.30.